The third-order valence-electron chi connectivity index (χ3n) is 3.20. The maximum absolute atomic E-state index is 9.09. The minimum Gasteiger partial charge on any atom is -0.496 e. The zero-order valence-corrected chi connectivity index (χ0v) is 12.1. The predicted octanol–water partition coefficient (Wildman–Crippen LogP) is 2.64. The largest absolute Gasteiger partial charge is 0.496 e. The van der Waals surface area contributed by atoms with E-state index in [4.69, 9.17) is 9.84 Å². The molecule has 1 aromatic rings. The first-order chi connectivity index (χ1) is 8.43. The summed E-state index contributed by atoms with van der Waals surface area (Å²) in [6.45, 7) is 6.71. The number of ether oxygens (including phenoxy) is 1. The lowest BCUT2D eigenvalue weighted by molar-refractivity contribution is 0.268. The molecule has 0 amide bonds. The number of rotatable bonds is 5. The summed E-state index contributed by atoms with van der Waals surface area (Å²) in [4.78, 5) is 0. The second-order valence-electron chi connectivity index (χ2n) is 5.56. The molecule has 18 heavy (non-hydrogen) atoms. The van der Waals surface area contributed by atoms with Crippen molar-refractivity contribution in [3.8, 4) is 5.75 Å². The standard InChI is InChI=1S/C15H25NO2/c1-15(2,3)12-10-11(6-7-14(12)18-5)13(16-4)8-9-17/h6-7,10,13,16-17H,8-9H2,1-5H3. The van der Waals surface area contributed by atoms with Crippen molar-refractivity contribution in [1.29, 1.82) is 0 Å². The third kappa shape index (κ3) is 3.47. The molecule has 0 bridgehead atoms. The first kappa shape index (κ1) is 15.0. The molecule has 0 saturated heterocycles. The van der Waals surface area contributed by atoms with Crippen LogP contribution in [0.5, 0.6) is 5.75 Å². The molecule has 2 N–H and O–H groups in total. The molecular weight excluding hydrogens is 226 g/mol. The van der Waals surface area contributed by atoms with Crippen molar-refractivity contribution in [3.05, 3.63) is 29.3 Å². The van der Waals surface area contributed by atoms with Gasteiger partial charge in [-0.2, -0.15) is 0 Å². The summed E-state index contributed by atoms with van der Waals surface area (Å²) in [6.07, 6.45) is 0.715. The van der Waals surface area contributed by atoms with E-state index < -0.39 is 0 Å². The monoisotopic (exact) mass is 251 g/mol. The average molecular weight is 251 g/mol. The van der Waals surface area contributed by atoms with Crippen LogP contribution in [0.4, 0.5) is 0 Å². The molecule has 3 heteroatoms. The Morgan fingerprint density at radius 1 is 1.33 bits per heavy atom. The van der Waals surface area contributed by atoms with Gasteiger partial charge in [-0.15, -0.1) is 0 Å². The van der Waals surface area contributed by atoms with Gasteiger partial charge in [0, 0.05) is 12.6 Å². The summed E-state index contributed by atoms with van der Waals surface area (Å²) in [6, 6.07) is 6.43. The second kappa shape index (κ2) is 6.21. The van der Waals surface area contributed by atoms with Crippen LogP contribution in [0.1, 0.15) is 44.4 Å². The highest BCUT2D eigenvalue weighted by atomic mass is 16.5. The van der Waals surface area contributed by atoms with Gasteiger partial charge in [-0.1, -0.05) is 32.9 Å². The number of methoxy groups -OCH3 is 1. The van der Waals surface area contributed by atoms with Crippen LogP contribution in [-0.4, -0.2) is 25.9 Å². The Bertz CT molecular complexity index is 383. The van der Waals surface area contributed by atoms with E-state index in [9.17, 15) is 0 Å². The smallest absolute Gasteiger partial charge is 0.122 e. The van der Waals surface area contributed by atoms with Gasteiger partial charge in [0.15, 0.2) is 0 Å². The molecule has 0 aliphatic carbocycles. The molecule has 0 aliphatic rings. The molecule has 3 nitrogen and oxygen atoms in total. The Morgan fingerprint density at radius 3 is 2.44 bits per heavy atom. The number of hydrogen-bond donors (Lipinski definition) is 2. The first-order valence-electron chi connectivity index (χ1n) is 6.40. The lowest BCUT2D eigenvalue weighted by Gasteiger charge is -2.25. The highest BCUT2D eigenvalue weighted by molar-refractivity contribution is 5.42. The zero-order chi connectivity index (χ0) is 13.8. The molecule has 0 saturated carbocycles. The van der Waals surface area contributed by atoms with Gasteiger partial charge in [-0.05, 0) is 36.1 Å². The number of benzene rings is 1. The maximum atomic E-state index is 9.09. The third-order valence-corrected chi connectivity index (χ3v) is 3.20. The molecule has 1 unspecified atom stereocenters. The second-order valence-corrected chi connectivity index (χ2v) is 5.56. The van der Waals surface area contributed by atoms with E-state index in [0.717, 1.165) is 5.75 Å². The van der Waals surface area contributed by atoms with E-state index in [1.54, 1.807) is 7.11 Å². The molecule has 1 atom stereocenters. The van der Waals surface area contributed by atoms with Crippen LogP contribution < -0.4 is 10.1 Å². The fourth-order valence-corrected chi connectivity index (χ4v) is 2.14. The maximum Gasteiger partial charge on any atom is 0.122 e. The predicted molar refractivity (Wildman–Crippen MR) is 75.2 cm³/mol. The molecule has 0 spiro atoms. The molecule has 0 radical (unpaired) electrons. The molecule has 0 heterocycles. The lowest BCUT2D eigenvalue weighted by Crippen LogP contribution is -2.19. The minimum atomic E-state index is 0.0405. The van der Waals surface area contributed by atoms with Crippen LogP contribution in [-0.2, 0) is 5.41 Å². The topological polar surface area (TPSA) is 41.5 Å². The van der Waals surface area contributed by atoms with Crippen molar-refractivity contribution >= 4 is 0 Å². The van der Waals surface area contributed by atoms with Crippen molar-refractivity contribution in [2.24, 2.45) is 0 Å². The summed E-state index contributed by atoms with van der Waals surface area (Å²) in [5, 5.41) is 12.3. The van der Waals surface area contributed by atoms with Crippen molar-refractivity contribution in [2.75, 3.05) is 20.8 Å². The van der Waals surface area contributed by atoms with Crippen LogP contribution in [0.2, 0.25) is 0 Å². The Hall–Kier alpha value is -1.06. The number of nitrogens with one attached hydrogen (secondary N) is 1. The van der Waals surface area contributed by atoms with Crippen molar-refractivity contribution in [2.45, 2.75) is 38.6 Å². The van der Waals surface area contributed by atoms with Crippen molar-refractivity contribution in [1.82, 2.24) is 5.32 Å². The molecule has 1 rings (SSSR count). The summed E-state index contributed by atoms with van der Waals surface area (Å²) in [5.74, 6) is 0.921. The van der Waals surface area contributed by atoms with Crippen LogP contribution >= 0.6 is 0 Å². The molecule has 102 valence electrons. The fraction of sp³-hybridized carbons (Fsp3) is 0.600. The Kier molecular flexibility index (Phi) is 5.17. The Balaban J connectivity index is 3.17. The highest BCUT2D eigenvalue weighted by Gasteiger charge is 2.20. The summed E-state index contributed by atoms with van der Waals surface area (Å²) < 4.78 is 5.43. The van der Waals surface area contributed by atoms with E-state index in [2.05, 4.69) is 38.2 Å². The lowest BCUT2D eigenvalue weighted by atomic mass is 9.84. The van der Waals surface area contributed by atoms with Gasteiger partial charge >= 0.3 is 0 Å². The van der Waals surface area contributed by atoms with Gasteiger partial charge in [-0.3, -0.25) is 0 Å². The van der Waals surface area contributed by atoms with E-state index in [-0.39, 0.29) is 18.1 Å². The van der Waals surface area contributed by atoms with Gasteiger partial charge in [0.1, 0.15) is 5.75 Å². The summed E-state index contributed by atoms with van der Waals surface area (Å²) in [5.41, 5.74) is 2.43. The molecular formula is C15H25NO2. The fourth-order valence-electron chi connectivity index (χ4n) is 2.14. The zero-order valence-electron chi connectivity index (χ0n) is 12.1. The SMILES string of the molecule is CNC(CCO)c1ccc(OC)c(C(C)(C)C)c1. The van der Waals surface area contributed by atoms with Crippen molar-refractivity contribution < 1.29 is 9.84 Å². The summed E-state index contributed by atoms with van der Waals surface area (Å²) >= 11 is 0. The van der Waals surface area contributed by atoms with Crippen LogP contribution in [0.15, 0.2) is 18.2 Å². The van der Waals surface area contributed by atoms with Gasteiger partial charge in [0.25, 0.3) is 0 Å². The Morgan fingerprint density at radius 2 is 2.00 bits per heavy atom. The Labute approximate surface area is 110 Å². The van der Waals surface area contributed by atoms with E-state index >= 15 is 0 Å². The molecule has 0 aliphatic heterocycles. The first-order valence-corrected chi connectivity index (χ1v) is 6.40. The normalized spacial score (nSPS) is 13.4. The van der Waals surface area contributed by atoms with Crippen LogP contribution in [0.25, 0.3) is 0 Å². The number of hydrogen-bond acceptors (Lipinski definition) is 3. The minimum absolute atomic E-state index is 0.0405. The van der Waals surface area contributed by atoms with E-state index in [1.165, 1.54) is 11.1 Å². The molecule has 0 aromatic heterocycles. The summed E-state index contributed by atoms with van der Waals surface area (Å²) in [7, 11) is 3.62. The average Bonchev–Trinajstić information content (AvgIpc) is 2.34. The number of aliphatic hydroxyl groups excluding tert-OH is 1. The molecule has 1 aromatic carbocycles. The van der Waals surface area contributed by atoms with Gasteiger partial charge < -0.3 is 15.2 Å². The van der Waals surface area contributed by atoms with Crippen LogP contribution in [0.3, 0.4) is 0 Å². The highest BCUT2D eigenvalue weighted by Crippen LogP contribution is 2.33. The van der Waals surface area contributed by atoms with Gasteiger partial charge in [0.2, 0.25) is 0 Å². The van der Waals surface area contributed by atoms with E-state index in [1.807, 2.05) is 13.1 Å². The van der Waals surface area contributed by atoms with Gasteiger partial charge in [-0.25, -0.2) is 0 Å². The van der Waals surface area contributed by atoms with Gasteiger partial charge in [0.05, 0.1) is 7.11 Å². The molecule has 0 fully saturated rings. The van der Waals surface area contributed by atoms with Crippen molar-refractivity contribution in [3.63, 3.8) is 0 Å². The quantitative estimate of drug-likeness (QED) is 0.845. The van der Waals surface area contributed by atoms with Crippen LogP contribution in [0, 0.1) is 0 Å². The van der Waals surface area contributed by atoms with E-state index in [0.29, 0.717) is 6.42 Å². The number of aliphatic hydroxyl groups is 1.